The Balaban J connectivity index is 2.13. The molecule has 1 unspecified atom stereocenters. The van der Waals surface area contributed by atoms with E-state index in [9.17, 15) is 14.9 Å². The van der Waals surface area contributed by atoms with Gasteiger partial charge >= 0.3 is 5.97 Å². The number of likely N-dealkylation sites (N-methyl/N-ethyl adjacent to an activating group) is 1. The van der Waals surface area contributed by atoms with E-state index in [0.717, 1.165) is 12.1 Å². The molecule has 0 fully saturated rings. The molecule has 2 rings (SSSR count). The number of nitrogens with one attached hydrogen (secondary N) is 1. The van der Waals surface area contributed by atoms with Crippen molar-refractivity contribution < 1.29 is 14.3 Å². The summed E-state index contributed by atoms with van der Waals surface area (Å²) < 4.78 is 5.67. The molecular weight excluding hydrogens is 490 g/mol. The predicted octanol–water partition coefficient (Wildman–Crippen LogP) is 5.64. The van der Waals surface area contributed by atoms with Crippen LogP contribution >= 0.6 is 0 Å². The Labute approximate surface area is 232 Å². The third-order valence-electron chi connectivity index (χ3n) is 7.34. The summed E-state index contributed by atoms with van der Waals surface area (Å²) in [6.07, 6.45) is 1.25. The van der Waals surface area contributed by atoms with Crippen molar-refractivity contribution in [1.82, 2.24) is 5.32 Å². The van der Waals surface area contributed by atoms with E-state index in [4.69, 9.17) is 15.3 Å². The van der Waals surface area contributed by atoms with Crippen LogP contribution in [0.5, 0.6) is 0 Å². The minimum atomic E-state index is -0.537. The Bertz CT molecular complexity index is 1270. The number of hydrogen-bond acceptors (Lipinski definition) is 7. The highest BCUT2D eigenvalue weighted by Gasteiger charge is 2.42. The zero-order valence-electron chi connectivity index (χ0n) is 24.4. The molecule has 39 heavy (non-hydrogen) atoms. The van der Waals surface area contributed by atoms with Crippen LogP contribution in [0.2, 0.25) is 0 Å². The second kappa shape index (κ2) is 12.2. The van der Waals surface area contributed by atoms with E-state index in [2.05, 4.69) is 58.7 Å². The average Bonchev–Trinajstić information content (AvgIpc) is 3.16. The van der Waals surface area contributed by atoms with Crippen molar-refractivity contribution in [3.05, 3.63) is 46.7 Å². The third-order valence-corrected chi connectivity index (χ3v) is 7.34. The number of hydrogen-bond donors (Lipinski definition) is 1. The molecule has 0 spiro atoms. The summed E-state index contributed by atoms with van der Waals surface area (Å²) in [5, 5.41) is 30.4. The van der Waals surface area contributed by atoms with Crippen LogP contribution in [0.3, 0.4) is 0 Å². The van der Waals surface area contributed by atoms with Crippen molar-refractivity contribution in [3.8, 4) is 18.2 Å². The summed E-state index contributed by atoms with van der Waals surface area (Å²) in [5.74, 6) is -0.741. The molecule has 1 aromatic rings. The highest BCUT2D eigenvalue weighted by Crippen LogP contribution is 2.49. The lowest BCUT2D eigenvalue weighted by Gasteiger charge is -2.45. The fourth-order valence-corrected chi connectivity index (χ4v) is 4.90. The Morgan fingerprint density at radius 3 is 2.05 bits per heavy atom. The van der Waals surface area contributed by atoms with Gasteiger partial charge in [-0.05, 0) is 47.3 Å². The molecule has 0 saturated heterocycles. The second-order valence-electron chi connectivity index (χ2n) is 12.4. The highest BCUT2D eigenvalue weighted by atomic mass is 16.5. The smallest absolute Gasteiger partial charge is 0.306 e. The van der Waals surface area contributed by atoms with Gasteiger partial charge in [-0.3, -0.25) is 9.59 Å². The fourth-order valence-electron chi connectivity index (χ4n) is 4.90. The Hall–Kier alpha value is -4.09. The number of allylic oxidation sites excluding steroid dienone is 2. The first-order valence-electron chi connectivity index (χ1n) is 13.1. The molecule has 0 aromatic heterocycles. The van der Waals surface area contributed by atoms with Gasteiger partial charge in [-0.15, -0.1) is 0 Å². The molecule has 1 amide bonds. The molecular formula is C31H39N5O3. The van der Waals surface area contributed by atoms with Gasteiger partial charge in [0.2, 0.25) is 0 Å². The Kier molecular flexibility index (Phi) is 9.72. The number of anilines is 1. The highest BCUT2D eigenvalue weighted by molar-refractivity contribution is 6.26. The monoisotopic (exact) mass is 529 g/mol. The number of esters is 1. The van der Waals surface area contributed by atoms with E-state index in [0.29, 0.717) is 25.1 Å². The van der Waals surface area contributed by atoms with Crippen molar-refractivity contribution in [2.75, 3.05) is 24.6 Å². The van der Waals surface area contributed by atoms with E-state index >= 15 is 0 Å². The van der Waals surface area contributed by atoms with Gasteiger partial charge in [0.25, 0.3) is 5.91 Å². The van der Waals surface area contributed by atoms with Crippen LogP contribution in [0, 0.1) is 50.2 Å². The van der Waals surface area contributed by atoms with Crippen LogP contribution < -0.4 is 10.2 Å². The van der Waals surface area contributed by atoms with Crippen LogP contribution in [-0.2, 0) is 14.3 Å². The van der Waals surface area contributed by atoms with Crippen LogP contribution in [0.1, 0.15) is 73.8 Å². The standard InChI is InChI=1S/C31H39N5O3/c1-9-36(14-15-39-25(37)16-31(8,30(5,6)7)20-29(2,3)4)23-12-10-21(11-13-23)26-24(19-34)27(35-28(26)38)22(17-32)18-33/h10-13H,9,14-16,20H2,1-8H3,(H,35,38). The maximum absolute atomic E-state index is 12.8. The molecule has 1 atom stereocenters. The summed E-state index contributed by atoms with van der Waals surface area (Å²) >= 11 is 0. The third kappa shape index (κ3) is 7.49. The molecule has 0 aliphatic carbocycles. The molecule has 1 aliphatic rings. The topological polar surface area (TPSA) is 130 Å². The van der Waals surface area contributed by atoms with Crippen molar-refractivity contribution >= 4 is 23.1 Å². The van der Waals surface area contributed by atoms with Gasteiger partial charge in [-0.1, -0.05) is 60.6 Å². The summed E-state index contributed by atoms with van der Waals surface area (Å²) in [4.78, 5) is 27.5. The van der Waals surface area contributed by atoms with Gasteiger partial charge < -0.3 is 15.0 Å². The number of amides is 1. The number of carbonyl (C=O) groups is 2. The predicted molar refractivity (Wildman–Crippen MR) is 150 cm³/mol. The lowest BCUT2D eigenvalue weighted by Crippen LogP contribution is -2.39. The fraction of sp³-hybridized carbons (Fsp3) is 0.516. The lowest BCUT2D eigenvalue weighted by molar-refractivity contribution is -0.148. The van der Waals surface area contributed by atoms with Gasteiger partial charge in [0, 0.05) is 12.2 Å². The quantitative estimate of drug-likeness (QED) is 0.323. The largest absolute Gasteiger partial charge is 0.464 e. The number of nitrogens with zero attached hydrogens (tertiary/aromatic N) is 4. The molecule has 8 heteroatoms. The molecule has 8 nitrogen and oxygen atoms in total. The molecule has 0 radical (unpaired) electrons. The number of benzene rings is 1. The minimum absolute atomic E-state index is 0.0289. The molecule has 1 N–H and O–H groups in total. The van der Waals surface area contributed by atoms with Crippen molar-refractivity contribution in [1.29, 1.82) is 15.8 Å². The summed E-state index contributed by atoms with van der Waals surface area (Å²) in [5.41, 5.74) is 0.899. The molecule has 1 aliphatic heterocycles. The normalized spacial score (nSPS) is 15.0. The Morgan fingerprint density at radius 2 is 1.59 bits per heavy atom. The number of carbonyl (C=O) groups excluding carboxylic acids is 2. The van der Waals surface area contributed by atoms with E-state index in [1.807, 2.05) is 25.1 Å². The van der Waals surface area contributed by atoms with Crippen molar-refractivity contribution in [3.63, 3.8) is 0 Å². The van der Waals surface area contributed by atoms with Gasteiger partial charge in [0.05, 0.1) is 29.8 Å². The average molecular weight is 530 g/mol. The van der Waals surface area contributed by atoms with E-state index in [-0.39, 0.29) is 51.2 Å². The zero-order chi connectivity index (χ0) is 29.6. The van der Waals surface area contributed by atoms with E-state index in [1.54, 1.807) is 24.3 Å². The SMILES string of the molecule is CCN(CCOC(=O)CC(C)(CC(C)(C)C)C(C)(C)C)c1ccc(C2=C(C#N)C(=C(C#N)C#N)NC2=O)cc1. The van der Waals surface area contributed by atoms with E-state index in [1.165, 1.54) is 0 Å². The maximum Gasteiger partial charge on any atom is 0.306 e. The van der Waals surface area contributed by atoms with Crippen LogP contribution in [-0.4, -0.2) is 31.6 Å². The van der Waals surface area contributed by atoms with Crippen LogP contribution in [0.15, 0.2) is 41.1 Å². The van der Waals surface area contributed by atoms with Crippen molar-refractivity contribution in [2.45, 2.75) is 68.2 Å². The van der Waals surface area contributed by atoms with Gasteiger partial charge in [0.1, 0.15) is 24.8 Å². The number of rotatable bonds is 9. The molecule has 1 heterocycles. The Morgan fingerprint density at radius 1 is 1.00 bits per heavy atom. The minimum Gasteiger partial charge on any atom is -0.464 e. The number of ether oxygens (including phenoxy) is 1. The van der Waals surface area contributed by atoms with Gasteiger partial charge in [-0.2, -0.15) is 15.8 Å². The van der Waals surface area contributed by atoms with Gasteiger partial charge in [-0.25, -0.2) is 0 Å². The molecule has 0 bridgehead atoms. The van der Waals surface area contributed by atoms with Gasteiger partial charge in [0.15, 0.2) is 5.57 Å². The van der Waals surface area contributed by atoms with Crippen LogP contribution in [0.25, 0.3) is 5.57 Å². The van der Waals surface area contributed by atoms with E-state index < -0.39 is 5.91 Å². The molecule has 1 aromatic carbocycles. The zero-order valence-corrected chi connectivity index (χ0v) is 24.4. The molecule has 0 saturated carbocycles. The number of nitriles is 3. The summed E-state index contributed by atoms with van der Waals surface area (Å²) in [7, 11) is 0. The lowest BCUT2D eigenvalue weighted by atomic mass is 9.60. The van der Waals surface area contributed by atoms with Crippen LogP contribution in [0.4, 0.5) is 5.69 Å². The summed E-state index contributed by atoms with van der Waals surface area (Å²) in [6, 6.07) is 12.5. The second-order valence-corrected chi connectivity index (χ2v) is 12.4. The first-order valence-corrected chi connectivity index (χ1v) is 13.1. The first kappa shape index (κ1) is 31.1. The first-order chi connectivity index (χ1) is 18.1. The molecule has 206 valence electrons. The maximum atomic E-state index is 12.8. The van der Waals surface area contributed by atoms with Crippen molar-refractivity contribution in [2.24, 2.45) is 16.2 Å². The summed E-state index contributed by atoms with van der Waals surface area (Å²) in [6.45, 7) is 18.7.